The molecule has 0 spiro atoms. The lowest BCUT2D eigenvalue weighted by Gasteiger charge is -2.06. The van der Waals surface area contributed by atoms with Crippen molar-refractivity contribution in [2.24, 2.45) is 0 Å². The van der Waals surface area contributed by atoms with E-state index in [1.165, 1.54) is 5.57 Å². The molecule has 4 heteroatoms. The lowest BCUT2D eigenvalue weighted by Crippen LogP contribution is -2.07. The molecule has 0 aromatic rings. The van der Waals surface area contributed by atoms with Gasteiger partial charge in [-0.15, -0.1) is 33.2 Å². The number of hydrogen-bond acceptors (Lipinski definition) is 0. The predicted molar refractivity (Wildman–Crippen MR) is 59.2 cm³/mol. The van der Waals surface area contributed by atoms with Crippen LogP contribution in [-0.4, -0.2) is 6.00 Å². The summed E-state index contributed by atoms with van der Waals surface area (Å²) >= 11 is 17.3. The molecule has 0 fully saturated rings. The zero-order chi connectivity index (χ0) is 9.03. The van der Waals surface area contributed by atoms with E-state index < -0.39 is 6.00 Å². The topological polar surface area (TPSA) is 0 Å². The monoisotopic (exact) mass is 240 g/mol. The minimum Gasteiger partial charge on any atom is -0.126 e. The van der Waals surface area contributed by atoms with Gasteiger partial charge in [0.1, 0.15) is 0 Å². The lowest BCUT2D eigenvalue weighted by molar-refractivity contribution is 0.920. The summed E-state index contributed by atoms with van der Waals surface area (Å²) in [7, 11) is 0. The van der Waals surface area contributed by atoms with Gasteiger partial charge in [0.2, 0.25) is 0 Å². The Bertz CT molecular complexity index is 203. The molecule has 0 radical (unpaired) electrons. The van der Waals surface area contributed by atoms with E-state index in [2.05, 4.69) is 18.2 Å². The molecule has 68 valence electrons. The summed E-state index contributed by atoms with van der Waals surface area (Å²) in [6.45, 7) is 0. The maximum atomic E-state index is 5.75. The Labute approximate surface area is 88.3 Å². The SMILES string of the molecule is Cl[Si](Cl)(Cl)CCCC1=CCC=C1. The van der Waals surface area contributed by atoms with E-state index >= 15 is 0 Å². The second kappa shape index (κ2) is 4.71. The minimum absolute atomic E-state index is 0.767. The second-order valence-electron chi connectivity index (χ2n) is 2.89. The zero-order valence-corrected chi connectivity index (χ0v) is 9.96. The number of halogens is 3. The average Bonchev–Trinajstić information content (AvgIpc) is 2.36. The lowest BCUT2D eigenvalue weighted by atomic mass is 10.2. The molecule has 0 saturated heterocycles. The van der Waals surface area contributed by atoms with Crippen LogP contribution in [0.15, 0.2) is 23.8 Å². The van der Waals surface area contributed by atoms with Gasteiger partial charge in [-0.05, 0) is 25.3 Å². The van der Waals surface area contributed by atoms with E-state index in [-0.39, 0.29) is 0 Å². The molecule has 1 rings (SSSR count). The van der Waals surface area contributed by atoms with E-state index in [0.29, 0.717) is 0 Å². The van der Waals surface area contributed by atoms with Gasteiger partial charge in [-0.25, -0.2) is 0 Å². The first-order valence-electron chi connectivity index (χ1n) is 4.00. The molecular formula is C8H11Cl3Si. The second-order valence-corrected chi connectivity index (χ2v) is 12.2. The van der Waals surface area contributed by atoms with Crippen LogP contribution in [0.3, 0.4) is 0 Å². The third-order valence-electron chi connectivity index (χ3n) is 1.77. The third kappa shape index (κ3) is 4.56. The van der Waals surface area contributed by atoms with Gasteiger partial charge in [-0.3, -0.25) is 0 Å². The molecule has 12 heavy (non-hydrogen) atoms. The molecule has 0 unspecified atom stereocenters. The highest BCUT2D eigenvalue weighted by atomic mass is 35.8. The van der Waals surface area contributed by atoms with Gasteiger partial charge in [0.15, 0.2) is 0 Å². The van der Waals surface area contributed by atoms with Crippen molar-refractivity contribution >= 4 is 39.2 Å². The van der Waals surface area contributed by atoms with Crippen LogP contribution in [0.4, 0.5) is 0 Å². The standard InChI is InChI=1S/C8H11Cl3Si/c9-12(10,11)7-3-6-8-4-1-2-5-8/h1,4-5H,2-3,6-7H2. The first-order chi connectivity index (χ1) is 5.58. The van der Waals surface area contributed by atoms with Crippen LogP contribution in [0.25, 0.3) is 0 Å². The van der Waals surface area contributed by atoms with Gasteiger partial charge in [-0.1, -0.05) is 23.8 Å². The molecule has 0 atom stereocenters. The van der Waals surface area contributed by atoms with Crippen molar-refractivity contribution in [2.75, 3.05) is 0 Å². The molecule has 0 bridgehead atoms. The largest absolute Gasteiger partial charge is 0.341 e. The van der Waals surface area contributed by atoms with Crippen molar-refractivity contribution < 1.29 is 0 Å². The molecular weight excluding hydrogens is 231 g/mol. The Kier molecular flexibility index (Phi) is 4.17. The summed E-state index contributed by atoms with van der Waals surface area (Å²) in [6, 6.07) is -1.60. The number of hydrogen-bond donors (Lipinski definition) is 0. The first-order valence-corrected chi connectivity index (χ1v) is 9.24. The normalized spacial score (nSPS) is 16.8. The first kappa shape index (κ1) is 10.6. The highest BCUT2D eigenvalue weighted by molar-refractivity contribution is 7.64. The fraction of sp³-hybridized carbons (Fsp3) is 0.500. The molecule has 0 nitrogen and oxygen atoms in total. The Morgan fingerprint density at radius 3 is 2.58 bits per heavy atom. The molecule has 0 saturated carbocycles. The summed E-state index contributed by atoms with van der Waals surface area (Å²) in [6.07, 6.45) is 9.65. The Morgan fingerprint density at radius 2 is 2.08 bits per heavy atom. The summed E-state index contributed by atoms with van der Waals surface area (Å²) in [5, 5.41) is 0. The van der Waals surface area contributed by atoms with Crippen LogP contribution >= 0.6 is 33.2 Å². The van der Waals surface area contributed by atoms with Crippen LogP contribution in [0, 0.1) is 0 Å². The predicted octanol–water partition coefficient (Wildman–Crippen LogP) is 4.31. The Morgan fingerprint density at radius 1 is 1.33 bits per heavy atom. The van der Waals surface area contributed by atoms with Gasteiger partial charge < -0.3 is 0 Å². The molecule has 0 aromatic heterocycles. The molecule has 1 aliphatic carbocycles. The fourth-order valence-electron chi connectivity index (χ4n) is 1.19. The van der Waals surface area contributed by atoms with E-state index in [1.54, 1.807) is 0 Å². The van der Waals surface area contributed by atoms with Crippen molar-refractivity contribution in [3.05, 3.63) is 23.8 Å². The van der Waals surface area contributed by atoms with Crippen LogP contribution in [-0.2, 0) is 0 Å². The van der Waals surface area contributed by atoms with Crippen LogP contribution in [0.1, 0.15) is 19.3 Å². The van der Waals surface area contributed by atoms with Crippen LogP contribution in [0.2, 0.25) is 6.04 Å². The number of rotatable bonds is 4. The van der Waals surface area contributed by atoms with Gasteiger partial charge in [0.25, 0.3) is 0 Å². The van der Waals surface area contributed by atoms with Crippen molar-refractivity contribution in [3.8, 4) is 0 Å². The van der Waals surface area contributed by atoms with Crippen molar-refractivity contribution in [3.63, 3.8) is 0 Å². The Hall–Kier alpha value is 0.567. The maximum Gasteiger partial charge on any atom is 0.341 e. The highest BCUT2D eigenvalue weighted by Gasteiger charge is 2.23. The van der Waals surface area contributed by atoms with Crippen molar-refractivity contribution in [1.82, 2.24) is 0 Å². The van der Waals surface area contributed by atoms with Gasteiger partial charge in [0.05, 0.1) is 0 Å². The van der Waals surface area contributed by atoms with Crippen molar-refractivity contribution in [1.29, 1.82) is 0 Å². The molecule has 1 aliphatic rings. The zero-order valence-electron chi connectivity index (χ0n) is 6.69. The van der Waals surface area contributed by atoms with E-state index in [0.717, 1.165) is 25.3 Å². The average molecular weight is 242 g/mol. The smallest absolute Gasteiger partial charge is 0.126 e. The number of allylic oxidation sites excluding steroid dienone is 4. The highest BCUT2D eigenvalue weighted by Crippen LogP contribution is 2.28. The van der Waals surface area contributed by atoms with Crippen molar-refractivity contribution in [2.45, 2.75) is 25.3 Å². The molecule has 0 aliphatic heterocycles. The summed E-state index contributed by atoms with van der Waals surface area (Å²) < 4.78 is 0. The summed E-state index contributed by atoms with van der Waals surface area (Å²) in [5.74, 6) is 0. The van der Waals surface area contributed by atoms with E-state index in [4.69, 9.17) is 33.2 Å². The summed E-state index contributed by atoms with van der Waals surface area (Å²) in [4.78, 5) is 0. The van der Waals surface area contributed by atoms with E-state index in [9.17, 15) is 0 Å². The summed E-state index contributed by atoms with van der Waals surface area (Å²) in [5.41, 5.74) is 1.39. The maximum absolute atomic E-state index is 5.75. The van der Waals surface area contributed by atoms with Gasteiger partial charge >= 0.3 is 6.00 Å². The van der Waals surface area contributed by atoms with Gasteiger partial charge in [-0.2, -0.15) is 0 Å². The molecule has 0 heterocycles. The van der Waals surface area contributed by atoms with E-state index in [1.807, 2.05) is 0 Å². The van der Waals surface area contributed by atoms with Crippen LogP contribution < -0.4 is 0 Å². The van der Waals surface area contributed by atoms with Crippen LogP contribution in [0.5, 0.6) is 0 Å². The molecule has 0 amide bonds. The molecule has 0 N–H and O–H groups in total. The minimum atomic E-state index is -2.36. The Balaban J connectivity index is 2.14. The third-order valence-corrected chi connectivity index (χ3v) is 4.40. The van der Waals surface area contributed by atoms with Gasteiger partial charge in [0, 0.05) is 0 Å². The molecule has 0 aromatic carbocycles. The fourth-order valence-corrected chi connectivity index (χ4v) is 2.97. The quantitative estimate of drug-likeness (QED) is 0.508.